The quantitative estimate of drug-likeness (QED) is 0.738. The fourth-order valence-corrected chi connectivity index (χ4v) is 3.59. The summed E-state index contributed by atoms with van der Waals surface area (Å²) in [7, 11) is 0. The van der Waals surface area contributed by atoms with Gasteiger partial charge in [-0.05, 0) is 36.5 Å². The number of fused-ring (bicyclic) bond motifs is 3. The number of hydrogen-bond donors (Lipinski definition) is 1. The van der Waals surface area contributed by atoms with Crippen LogP contribution in [0, 0.1) is 0 Å². The molecule has 0 bridgehead atoms. The van der Waals surface area contributed by atoms with Crippen LogP contribution >= 0.6 is 11.3 Å². The van der Waals surface area contributed by atoms with Gasteiger partial charge in [-0.15, -0.1) is 11.3 Å². The molecule has 1 aliphatic heterocycles. The molecule has 4 nitrogen and oxygen atoms in total. The summed E-state index contributed by atoms with van der Waals surface area (Å²) in [5, 5.41) is 5.56. The van der Waals surface area contributed by atoms with Gasteiger partial charge in [0.1, 0.15) is 10.3 Å². The summed E-state index contributed by atoms with van der Waals surface area (Å²) in [6.07, 6.45) is 3.31. The molecule has 1 saturated heterocycles. The molecule has 0 atom stereocenters. The minimum absolute atomic E-state index is 1.03. The molecule has 0 radical (unpaired) electrons. The molecular weight excluding hydrogens is 256 g/mol. The van der Waals surface area contributed by atoms with E-state index in [1.807, 2.05) is 0 Å². The Labute approximate surface area is 115 Å². The number of thiophene rings is 1. The highest BCUT2D eigenvalue weighted by Gasteiger charge is 2.16. The fourth-order valence-electron chi connectivity index (χ4n) is 2.76. The highest BCUT2D eigenvalue weighted by molar-refractivity contribution is 7.16. The van der Waals surface area contributed by atoms with E-state index in [-0.39, 0.29) is 0 Å². The van der Waals surface area contributed by atoms with Gasteiger partial charge in [0.25, 0.3) is 0 Å². The molecule has 0 saturated carbocycles. The van der Waals surface area contributed by atoms with E-state index in [1.165, 1.54) is 16.8 Å². The van der Waals surface area contributed by atoms with E-state index in [2.05, 4.69) is 44.4 Å². The van der Waals surface area contributed by atoms with Crippen molar-refractivity contribution in [2.24, 2.45) is 0 Å². The van der Waals surface area contributed by atoms with Crippen LogP contribution in [0.1, 0.15) is 6.42 Å². The number of nitrogens with zero attached hydrogens (tertiary/aromatic N) is 3. The third-order valence-electron chi connectivity index (χ3n) is 3.69. The monoisotopic (exact) mass is 272 g/mol. The van der Waals surface area contributed by atoms with Crippen molar-refractivity contribution in [2.75, 3.05) is 31.1 Å². The summed E-state index contributed by atoms with van der Waals surface area (Å²) in [6, 6.07) is 6.38. The third-order valence-corrected chi connectivity index (χ3v) is 4.59. The lowest BCUT2D eigenvalue weighted by Gasteiger charge is -2.22. The molecule has 3 aromatic heterocycles. The second-order valence-electron chi connectivity index (χ2n) is 4.90. The van der Waals surface area contributed by atoms with Gasteiger partial charge in [-0.1, -0.05) is 0 Å². The second-order valence-corrected chi connectivity index (χ2v) is 5.80. The molecule has 1 fully saturated rings. The van der Waals surface area contributed by atoms with Crippen LogP contribution < -0.4 is 10.2 Å². The molecule has 5 heteroatoms. The van der Waals surface area contributed by atoms with E-state index in [9.17, 15) is 0 Å². The molecular formula is C14H16N4S. The summed E-state index contributed by atoms with van der Waals surface area (Å²) >= 11 is 1.75. The largest absolute Gasteiger partial charge is 0.354 e. The molecule has 0 amide bonds. The minimum Gasteiger partial charge on any atom is -0.354 e. The van der Waals surface area contributed by atoms with Crippen LogP contribution in [-0.2, 0) is 0 Å². The van der Waals surface area contributed by atoms with Crippen molar-refractivity contribution >= 4 is 33.0 Å². The van der Waals surface area contributed by atoms with Crippen molar-refractivity contribution in [1.29, 1.82) is 0 Å². The van der Waals surface area contributed by atoms with Gasteiger partial charge in [0, 0.05) is 25.8 Å². The Kier molecular flexibility index (Phi) is 2.67. The zero-order valence-corrected chi connectivity index (χ0v) is 11.5. The zero-order chi connectivity index (χ0) is 12.7. The topological polar surface area (TPSA) is 32.6 Å². The van der Waals surface area contributed by atoms with E-state index in [1.54, 1.807) is 11.3 Å². The normalized spacial score (nSPS) is 17.2. The first kappa shape index (κ1) is 11.3. The Balaban J connectivity index is 1.92. The lowest BCUT2D eigenvalue weighted by molar-refractivity contribution is 0.724. The van der Waals surface area contributed by atoms with Gasteiger partial charge in [0.2, 0.25) is 0 Å². The molecule has 0 aromatic carbocycles. The summed E-state index contributed by atoms with van der Waals surface area (Å²) in [5.41, 5.74) is 2.32. The maximum Gasteiger partial charge on any atom is 0.153 e. The Morgan fingerprint density at radius 1 is 1.21 bits per heavy atom. The first-order valence-corrected chi connectivity index (χ1v) is 7.61. The van der Waals surface area contributed by atoms with Crippen LogP contribution in [0.3, 0.4) is 0 Å². The molecule has 1 aliphatic rings. The predicted octanol–water partition coefficient (Wildman–Crippen LogP) is 2.35. The van der Waals surface area contributed by atoms with Crippen molar-refractivity contribution in [3.63, 3.8) is 0 Å². The molecule has 4 rings (SSSR count). The molecule has 0 unspecified atom stereocenters. The molecule has 1 N–H and O–H groups in total. The van der Waals surface area contributed by atoms with Crippen molar-refractivity contribution in [2.45, 2.75) is 6.42 Å². The van der Waals surface area contributed by atoms with Crippen LogP contribution in [0.2, 0.25) is 0 Å². The molecule has 98 valence electrons. The lowest BCUT2D eigenvalue weighted by Crippen LogP contribution is -2.29. The van der Waals surface area contributed by atoms with E-state index in [4.69, 9.17) is 4.98 Å². The van der Waals surface area contributed by atoms with Gasteiger partial charge in [-0.3, -0.25) is 0 Å². The van der Waals surface area contributed by atoms with Gasteiger partial charge in [0.15, 0.2) is 5.82 Å². The molecule has 0 aliphatic carbocycles. The molecule has 0 spiro atoms. The highest BCUT2D eigenvalue weighted by Crippen LogP contribution is 2.28. The summed E-state index contributed by atoms with van der Waals surface area (Å²) in [4.78, 5) is 8.53. The van der Waals surface area contributed by atoms with Crippen LogP contribution in [-0.4, -0.2) is 35.6 Å². The maximum atomic E-state index is 4.89. The predicted molar refractivity (Wildman–Crippen MR) is 80.3 cm³/mol. The third kappa shape index (κ3) is 1.81. The van der Waals surface area contributed by atoms with E-state index < -0.39 is 0 Å². The van der Waals surface area contributed by atoms with Crippen molar-refractivity contribution in [3.8, 4) is 0 Å². The molecule has 3 aromatic rings. The Bertz CT molecular complexity index is 706. The van der Waals surface area contributed by atoms with Crippen LogP contribution in [0.15, 0.2) is 29.8 Å². The molecule has 19 heavy (non-hydrogen) atoms. The van der Waals surface area contributed by atoms with Gasteiger partial charge < -0.3 is 14.6 Å². The Hall–Kier alpha value is -1.59. The number of rotatable bonds is 1. The average Bonchev–Trinajstić information content (AvgIpc) is 3.00. The van der Waals surface area contributed by atoms with Gasteiger partial charge >= 0.3 is 0 Å². The molecule has 4 heterocycles. The van der Waals surface area contributed by atoms with Crippen LogP contribution in [0.25, 0.3) is 15.9 Å². The Morgan fingerprint density at radius 2 is 2.21 bits per heavy atom. The van der Waals surface area contributed by atoms with Crippen molar-refractivity contribution in [1.82, 2.24) is 14.7 Å². The van der Waals surface area contributed by atoms with E-state index in [0.29, 0.717) is 0 Å². The zero-order valence-electron chi connectivity index (χ0n) is 10.7. The average molecular weight is 272 g/mol. The number of nitrogens with one attached hydrogen (secondary N) is 1. The van der Waals surface area contributed by atoms with Crippen molar-refractivity contribution in [3.05, 3.63) is 29.8 Å². The van der Waals surface area contributed by atoms with E-state index >= 15 is 0 Å². The fraction of sp³-hybridized carbons (Fsp3) is 0.357. The number of aromatic nitrogens is 2. The van der Waals surface area contributed by atoms with E-state index in [0.717, 1.165) is 37.5 Å². The number of hydrogen-bond acceptors (Lipinski definition) is 4. The SMILES string of the molecule is c1cc2c(N3CCCNCC3)nc3ccsc3n2c1. The lowest BCUT2D eigenvalue weighted by atomic mass is 10.3. The first-order chi connectivity index (χ1) is 9.43. The van der Waals surface area contributed by atoms with Gasteiger partial charge in [0.05, 0.1) is 5.52 Å². The first-order valence-electron chi connectivity index (χ1n) is 6.73. The van der Waals surface area contributed by atoms with Gasteiger partial charge in [-0.25, -0.2) is 4.98 Å². The summed E-state index contributed by atoms with van der Waals surface area (Å²) in [5.74, 6) is 1.12. The van der Waals surface area contributed by atoms with Crippen LogP contribution in [0.4, 0.5) is 5.82 Å². The van der Waals surface area contributed by atoms with Gasteiger partial charge in [-0.2, -0.15) is 0 Å². The second kappa shape index (κ2) is 4.51. The van der Waals surface area contributed by atoms with Crippen LogP contribution in [0.5, 0.6) is 0 Å². The summed E-state index contributed by atoms with van der Waals surface area (Å²) < 4.78 is 2.26. The Morgan fingerprint density at radius 3 is 3.21 bits per heavy atom. The minimum atomic E-state index is 1.03. The standard InChI is InChI=1S/C14H16N4S/c1-3-12-13(17-7-2-5-15-6-9-17)16-11-4-10-19-14(11)18(12)8-1/h1,3-4,8,10,15H,2,5-7,9H2. The van der Waals surface area contributed by atoms with Crippen molar-refractivity contribution < 1.29 is 0 Å². The smallest absolute Gasteiger partial charge is 0.153 e. The number of anilines is 1. The highest BCUT2D eigenvalue weighted by atomic mass is 32.1. The summed E-state index contributed by atoms with van der Waals surface area (Å²) in [6.45, 7) is 4.25. The maximum absolute atomic E-state index is 4.89.